The maximum atomic E-state index is 6.87. The van der Waals surface area contributed by atoms with E-state index in [4.69, 9.17) is 9.15 Å². The summed E-state index contributed by atoms with van der Waals surface area (Å²) in [6, 6.07) is 52.1. The number of ether oxygens (including phenoxy) is 1. The second-order valence-corrected chi connectivity index (χ2v) is 13.6. The minimum Gasteiger partial charge on any atom is -0.458 e. The van der Waals surface area contributed by atoms with E-state index in [0.29, 0.717) is 0 Å². The molecule has 0 amide bonds. The van der Waals surface area contributed by atoms with E-state index in [1.54, 1.807) is 0 Å². The third-order valence-corrected chi connectivity index (χ3v) is 11.2. The van der Waals surface area contributed by atoms with Crippen molar-refractivity contribution in [3.63, 3.8) is 0 Å². The number of hydrogen-bond acceptors (Lipinski definition) is 3. The number of para-hydroxylation sites is 4. The molecule has 0 fully saturated rings. The quantitative estimate of drug-likeness (QED) is 0.181. The van der Waals surface area contributed by atoms with Crippen LogP contribution in [0.1, 0.15) is 0 Å². The van der Waals surface area contributed by atoms with Crippen molar-refractivity contribution in [3.8, 4) is 39.4 Å². The summed E-state index contributed by atoms with van der Waals surface area (Å²) in [6.45, 7) is 0. The van der Waals surface area contributed by atoms with E-state index in [2.05, 4.69) is 138 Å². The van der Waals surface area contributed by atoms with Crippen LogP contribution in [0.25, 0.3) is 71.7 Å². The molecular weight excluding hydrogens is 593 g/mol. The van der Waals surface area contributed by atoms with Crippen LogP contribution >= 0.6 is 11.6 Å². The van der Waals surface area contributed by atoms with Gasteiger partial charge in [0.25, 0.3) is 5.99 Å². The van der Waals surface area contributed by atoms with E-state index >= 15 is 0 Å². The smallest absolute Gasteiger partial charge is 0.289 e. The molecule has 0 bridgehead atoms. The standard InChI is InChI=1S/C42H24BNO2S/c1-5-16-35-28(10-1)29-11-2-6-17-36(29)44(35)26-20-21-38-34(24-26)43-41-33(31-13-4-8-19-40(31)47-43)22-25(23-39(41)45-38)27-14-9-15-32-30-12-3-7-18-37(30)46-42(27)32/h1-24H. The Kier molecular flexibility index (Phi) is 5.13. The third kappa shape index (κ3) is 3.55. The van der Waals surface area contributed by atoms with Crippen molar-refractivity contribution < 1.29 is 9.15 Å². The fraction of sp³-hybridized carbons (Fsp3) is 0. The van der Waals surface area contributed by atoms with Crippen LogP contribution in [0.4, 0.5) is 0 Å². The molecule has 11 rings (SSSR count). The molecule has 0 aliphatic carbocycles. The van der Waals surface area contributed by atoms with Gasteiger partial charge in [-0.2, -0.15) is 11.6 Å². The summed E-state index contributed by atoms with van der Waals surface area (Å²) in [5, 5.41) is 4.78. The number of nitrogens with zero attached hydrogens (tertiary/aromatic N) is 1. The van der Waals surface area contributed by atoms with Crippen LogP contribution in [-0.2, 0) is 0 Å². The van der Waals surface area contributed by atoms with Crippen LogP contribution in [0, 0.1) is 0 Å². The Hall–Kier alpha value is -5.65. The highest BCUT2D eigenvalue weighted by molar-refractivity contribution is 8.28. The van der Waals surface area contributed by atoms with E-state index in [-0.39, 0.29) is 5.99 Å². The molecule has 0 unspecified atom stereocenters. The molecule has 218 valence electrons. The van der Waals surface area contributed by atoms with Crippen LogP contribution in [0.15, 0.2) is 155 Å². The molecule has 47 heavy (non-hydrogen) atoms. The van der Waals surface area contributed by atoms with Gasteiger partial charge in [-0.3, -0.25) is 0 Å². The first-order chi connectivity index (χ1) is 23.3. The van der Waals surface area contributed by atoms with Gasteiger partial charge in [0.2, 0.25) is 0 Å². The van der Waals surface area contributed by atoms with E-state index < -0.39 is 0 Å². The van der Waals surface area contributed by atoms with Crippen molar-refractivity contribution in [1.29, 1.82) is 0 Å². The lowest BCUT2D eigenvalue weighted by atomic mass is 9.57. The molecule has 2 aliphatic rings. The number of fused-ring (bicyclic) bond motifs is 10. The Labute approximate surface area is 275 Å². The van der Waals surface area contributed by atoms with Gasteiger partial charge in [-0.05, 0) is 82.2 Å². The van der Waals surface area contributed by atoms with Gasteiger partial charge in [0.1, 0.15) is 22.7 Å². The van der Waals surface area contributed by atoms with Crippen LogP contribution in [-0.4, -0.2) is 10.6 Å². The largest absolute Gasteiger partial charge is 0.458 e. The van der Waals surface area contributed by atoms with Gasteiger partial charge in [0.05, 0.1) is 11.0 Å². The van der Waals surface area contributed by atoms with Crippen molar-refractivity contribution in [2.45, 2.75) is 4.90 Å². The highest BCUT2D eigenvalue weighted by Gasteiger charge is 2.39. The Balaban J connectivity index is 1.13. The van der Waals surface area contributed by atoms with Crippen molar-refractivity contribution in [1.82, 2.24) is 4.57 Å². The van der Waals surface area contributed by atoms with Crippen LogP contribution in [0.5, 0.6) is 11.5 Å². The summed E-state index contributed by atoms with van der Waals surface area (Å²) >= 11 is 1.92. The molecule has 0 spiro atoms. The average Bonchev–Trinajstić information content (AvgIpc) is 3.67. The van der Waals surface area contributed by atoms with E-state index in [9.17, 15) is 0 Å². The molecule has 0 saturated heterocycles. The summed E-state index contributed by atoms with van der Waals surface area (Å²) in [4.78, 5) is 1.28. The summed E-state index contributed by atoms with van der Waals surface area (Å²) in [5.41, 5.74) is 12.4. The number of benzene rings is 7. The Morgan fingerprint density at radius 1 is 0.532 bits per heavy atom. The maximum absolute atomic E-state index is 6.87. The van der Waals surface area contributed by atoms with Crippen molar-refractivity contribution >= 4 is 72.3 Å². The Morgan fingerprint density at radius 3 is 2.09 bits per heavy atom. The van der Waals surface area contributed by atoms with E-state index in [0.717, 1.165) is 50.3 Å². The Bertz CT molecular complexity index is 2720. The zero-order valence-electron chi connectivity index (χ0n) is 25.1. The monoisotopic (exact) mass is 617 g/mol. The van der Waals surface area contributed by atoms with Crippen molar-refractivity contribution in [2.24, 2.45) is 0 Å². The maximum Gasteiger partial charge on any atom is 0.289 e. The predicted molar refractivity (Wildman–Crippen MR) is 196 cm³/mol. The van der Waals surface area contributed by atoms with Crippen LogP contribution in [0.3, 0.4) is 0 Å². The lowest BCUT2D eigenvalue weighted by Crippen LogP contribution is -2.46. The van der Waals surface area contributed by atoms with Crippen LogP contribution in [0.2, 0.25) is 0 Å². The molecule has 9 aromatic rings. The molecular formula is C42H24BNO2S. The normalized spacial score (nSPS) is 13.1. The average molecular weight is 618 g/mol. The molecule has 7 aromatic carbocycles. The lowest BCUT2D eigenvalue weighted by molar-refractivity contribution is 0.488. The number of hydrogen-bond donors (Lipinski definition) is 0. The molecule has 2 aromatic heterocycles. The lowest BCUT2D eigenvalue weighted by Gasteiger charge is -2.33. The Morgan fingerprint density at radius 2 is 1.23 bits per heavy atom. The SMILES string of the molecule is c1ccc2c(c1)SB1c3cc(-n4c5ccccc5c5ccccc54)ccc3Oc3cc(-c4cccc5c4oc4ccccc45)cc-2c31. The number of rotatable bonds is 2. The van der Waals surface area contributed by atoms with Gasteiger partial charge in [-0.1, -0.05) is 91.0 Å². The second kappa shape index (κ2) is 9.44. The van der Waals surface area contributed by atoms with Gasteiger partial charge in [-0.15, -0.1) is 0 Å². The summed E-state index contributed by atoms with van der Waals surface area (Å²) in [5.74, 6) is 1.92. The third-order valence-electron chi connectivity index (χ3n) is 9.88. The molecule has 0 saturated carbocycles. The molecule has 3 nitrogen and oxygen atoms in total. The fourth-order valence-electron chi connectivity index (χ4n) is 7.82. The minimum absolute atomic E-state index is 0.0998. The second-order valence-electron chi connectivity index (χ2n) is 12.4. The topological polar surface area (TPSA) is 27.3 Å². The molecule has 0 N–H and O–H groups in total. The molecule has 2 aliphatic heterocycles. The number of furan rings is 1. The highest BCUT2D eigenvalue weighted by Crippen LogP contribution is 2.46. The van der Waals surface area contributed by atoms with E-state index in [1.165, 1.54) is 48.8 Å². The number of aromatic nitrogens is 1. The van der Waals surface area contributed by atoms with Crippen molar-refractivity contribution in [2.75, 3.05) is 0 Å². The molecule has 0 atom stereocenters. The van der Waals surface area contributed by atoms with Crippen LogP contribution < -0.4 is 15.7 Å². The summed E-state index contributed by atoms with van der Waals surface area (Å²) < 4.78 is 15.7. The zero-order chi connectivity index (χ0) is 30.6. The summed E-state index contributed by atoms with van der Waals surface area (Å²) in [6.07, 6.45) is 0. The van der Waals surface area contributed by atoms with Gasteiger partial charge in [0, 0.05) is 37.7 Å². The molecule has 4 heterocycles. The first-order valence-electron chi connectivity index (χ1n) is 16.0. The summed E-state index contributed by atoms with van der Waals surface area (Å²) in [7, 11) is 0. The van der Waals surface area contributed by atoms with E-state index in [1.807, 2.05) is 23.7 Å². The highest BCUT2D eigenvalue weighted by atomic mass is 32.2. The van der Waals surface area contributed by atoms with Crippen molar-refractivity contribution in [3.05, 3.63) is 146 Å². The van der Waals surface area contributed by atoms with Gasteiger partial charge in [-0.25, -0.2) is 0 Å². The minimum atomic E-state index is 0.0998. The molecule has 5 heteroatoms. The van der Waals surface area contributed by atoms with Gasteiger partial charge < -0.3 is 13.7 Å². The predicted octanol–water partition coefficient (Wildman–Crippen LogP) is 10.3. The fourth-order valence-corrected chi connectivity index (χ4v) is 9.21. The molecule has 0 radical (unpaired) electrons. The van der Waals surface area contributed by atoms with Gasteiger partial charge in [0.15, 0.2) is 0 Å². The van der Waals surface area contributed by atoms with Gasteiger partial charge >= 0.3 is 0 Å². The first kappa shape index (κ1) is 25.5. The zero-order valence-corrected chi connectivity index (χ0v) is 25.9. The first-order valence-corrected chi connectivity index (χ1v) is 16.8.